The lowest BCUT2D eigenvalue weighted by atomic mass is 10.0. The predicted molar refractivity (Wildman–Crippen MR) is 98.7 cm³/mol. The molecule has 0 aliphatic heterocycles. The number of hydrogen-bond donors (Lipinski definition) is 1. The molecule has 1 heterocycles. The fourth-order valence-electron chi connectivity index (χ4n) is 2.82. The van der Waals surface area contributed by atoms with Crippen molar-refractivity contribution in [1.29, 1.82) is 0 Å². The number of aromatic nitrogens is 2. The Morgan fingerprint density at radius 2 is 1.46 bits per heavy atom. The lowest BCUT2D eigenvalue weighted by molar-refractivity contribution is 0.461. The molecule has 0 aliphatic carbocycles. The zero-order valence-electron chi connectivity index (χ0n) is 14.7. The van der Waals surface area contributed by atoms with Crippen LogP contribution in [0.3, 0.4) is 0 Å². The molecule has 1 N–H and O–H groups in total. The van der Waals surface area contributed by atoms with E-state index in [9.17, 15) is 5.11 Å². The standard InChI is InChI=1S/C21H24N2O/c1-14(2)13-19-21(24)20(17-9-5-15(3)6-10-17)22-23(19)18-11-7-16(4)8-12-18/h5-12,14,24H,13H2,1-4H3. The Morgan fingerprint density at radius 1 is 0.917 bits per heavy atom. The molecule has 0 saturated heterocycles. The van der Waals surface area contributed by atoms with Crippen LogP contribution in [0, 0.1) is 19.8 Å². The van der Waals surface area contributed by atoms with Crippen molar-refractivity contribution in [3.63, 3.8) is 0 Å². The van der Waals surface area contributed by atoms with Crippen LogP contribution in [0.5, 0.6) is 5.75 Å². The number of benzene rings is 2. The molecule has 0 amide bonds. The van der Waals surface area contributed by atoms with E-state index in [1.807, 2.05) is 41.1 Å². The van der Waals surface area contributed by atoms with E-state index in [-0.39, 0.29) is 5.75 Å². The van der Waals surface area contributed by atoms with Crippen molar-refractivity contribution in [2.24, 2.45) is 5.92 Å². The lowest BCUT2D eigenvalue weighted by Crippen LogP contribution is -2.05. The monoisotopic (exact) mass is 320 g/mol. The first kappa shape index (κ1) is 16.3. The number of aromatic hydroxyl groups is 1. The van der Waals surface area contributed by atoms with E-state index in [0.717, 1.165) is 23.4 Å². The highest BCUT2D eigenvalue weighted by Gasteiger charge is 2.20. The zero-order valence-corrected chi connectivity index (χ0v) is 14.7. The van der Waals surface area contributed by atoms with Gasteiger partial charge in [0.15, 0.2) is 5.75 Å². The Morgan fingerprint density at radius 3 is 2.00 bits per heavy atom. The fourth-order valence-corrected chi connectivity index (χ4v) is 2.82. The van der Waals surface area contributed by atoms with Crippen molar-refractivity contribution in [3.05, 3.63) is 65.4 Å². The van der Waals surface area contributed by atoms with Gasteiger partial charge in [-0.15, -0.1) is 0 Å². The largest absolute Gasteiger partial charge is 0.504 e. The minimum absolute atomic E-state index is 0.285. The van der Waals surface area contributed by atoms with Crippen molar-refractivity contribution in [2.45, 2.75) is 34.1 Å². The number of nitrogens with zero attached hydrogens (tertiary/aromatic N) is 2. The highest BCUT2D eigenvalue weighted by Crippen LogP contribution is 2.34. The number of hydrogen-bond acceptors (Lipinski definition) is 2. The summed E-state index contributed by atoms with van der Waals surface area (Å²) in [4.78, 5) is 0. The van der Waals surface area contributed by atoms with Gasteiger partial charge in [0.1, 0.15) is 5.69 Å². The van der Waals surface area contributed by atoms with Gasteiger partial charge in [-0.2, -0.15) is 5.10 Å². The van der Waals surface area contributed by atoms with Crippen LogP contribution >= 0.6 is 0 Å². The van der Waals surface area contributed by atoms with E-state index in [2.05, 4.69) is 39.8 Å². The Labute approximate surface area is 143 Å². The number of aryl methyl sites for hydroxylation is 2. The Hall–Kier alpha value is -2.55. The smallest absolute Gasteiger partial charge is 0.165 e. The molecule has 24 heavy (non-hydrogen) atoms. The van der Waals surface area contributed by atoms with Crippen LogP contribution in [0.1, 0.15) is 30.7 Å². The van der Waals surface area contributed by atoms with Gasteiger partial charge < -0.3 is 5.11 Å². The molecule has 0 atom stereocenters. The van der Waals surface area contributed by atoms with E-state index in [4.69, 9.17) is 5.10 Å². The molecular formula is C21H24N2O. The summed E-state index contributed by atoms with van der Waals surface area (Å²) in [6.07, 6.45) is 0.776. The summed E-state index contributed by atoms with van der Waals surface area (Å²) >= 11 is 0. The quantitative estimate of drug-likeness (QED) is 0.729. The molecule has 0 fully saturated rings. The Balaban J connectivity index is 2.15. The molecule has 3 aromatic rings. The third kappa shape index (κ3) is 3.21. The topological polar surface area (TPSA) is 38.0 Å². The summed E-state index contributed by atoms with van der Waals surface area (Å²) in [7, 11) is 0. The van der Waals surface area contributed by atoms with Gasteiger partial charge in [-0.3, -0.25) is 0 Å². The van der Waals surface area contributed by atoms with Gasteiger partial charge in [-0.05, 0) is 38.3 Å². The summed E-state index contributed by atoms with van der Waals surface area (Å²) in [6, 6.07) is 16.3. The van der Waals surface area contributed by atoms with E-state index >= 15 is 0 Å². The van der Waals surface area contributed by atoms with E-state index in [0.29, 0.717) is 11.6 Å². The van der Waals surface area contributed by atoms with Crippen LogP contribution in [0.15, 0.2) is 48.5 Å². The molecule has 0 radical (unpaired) electrons. The summed E-state index contributed by atoms with van der Waals surface area (Å²) in [6.45, 7) is 8.42. The molecule has 3 rings (SSSR count). The minimum atomic E-state index is 0.285. The molecule has 3 nitrogen and oxygen atoms in total. The van der Waals surface area contributed by atoms with Gasteiger partial charge >= 0.3 is 0 Å². The second-order valence-corrected chi connectivity index (χ2v) is 6.86. The highest BCUT2D eigenvalue weighted by atomic mass is 16.3. The molecule has 3 heteroatoms. The van der Waals surface area contributed by atoms with Crippen molar-refractivity contribution >= 4 is 0 Å². The van der Waals surface area contributed by atoms with E-state index in [1.165, 1.54) is 11.1 Å². The maximum Gasteiger partial charge on any atom is 0.165 e. The maximum absolute atomic E-state index is 10.8. The Kier molecular flexibility index (Phi) is 4.43. The molecule has 1 aromatic heterocycles. The minimum Gasteiger partial charge on any atom is -0.504 e. The average molecular weight is 320 g/mol. The van der Waals surface area contributed by atoms with Crippen LogP contribution in [0.4, 0.5) is 0 Å². The van der Waals surface area contributed by atoms with Gasteiger partial charge in [-0.1, -0.05) is 61.4 Å². The summed E-state index contributed by atoms with van der Waals surface area (Å²) in [5, 5.41) is 15.5. The third-order valence-electron chi connectivity index (χ3n) is 4.16. The van der Waals surface area contributed by atoms with Crippen molar-refractivity contribution in [3.8, 4) is 22.7 Å². The van der Waals surface area contributed by atoms with Gasteiger partial charge in [0.25, 0.3) is 0 Å². The zero-order chi connectivity index (χ0) is 17.3. The van der Waals surface area contributed by atoms with Crippen LogP contribution in [0.2, 0.25) is 0 Å². The molecule has 0 spiro atoms. The summed E-state index contributed by atoms with van der Waals surface area (Å²) in [5.41, 5.74) is 5.83. The van der Waals surface area contributed by atoms with Gasteiger partial charge in [0, 0.05) is 5.56 Å². The fraction of sp³-hybridized carbons (Fsp3) is 0.286. The van der Waals surface area contributed by atoms with Crippen LogP contribution in [-0.2, 0) is 6.42 Å². The average Bonchev–Trinajstić information content (AvgIpc) is 2.86. The second-order valence-electron chi connectivity index (χ2n) is 6.86. The summed E-state index contributed by atoms with van der Waals surface area (Å²) < 4.78 is 1.88. The first-order chi connectivity index (χ1) is 11.5. The second kappa shape index (κ2) is 6.52. The molecule has 0 unspecified atom stereocenters. The van der Waals surface area contributed by atoms with Crippen molar-refractivity contribution in [2.75, 3.05) is 0 Å². The molecule has 2 aromatic carbocycles. The van der Waals surface area contributed by atoms with Crippen LogP contribution < -0.4 is 0 Å². The molecule has 124 valence electrons. The molecule has 0 bridgehead atoms. The predicted octanol–water partition coefficient (Wildman–Crippen LogP) is 5.06. The Bertz CT molecular complexity index is 828. The van der Waals surface area contributed by atoms with Gasteiger partial charge in [0.2, 0.25) is 0 Å². The van der Waals surface area contributed by atoms with Crippen LogP contribution in [-0.4, -0.2) is 14.9 Å². The normalized spacial score (nSPS) is 11.2. The van der Waals surface area contributed by atoms with Crippen LogP contribution in [0.25, 0.3) is 16.9 Å². The van der Waals surface area contributed by atoms with Gasteiger partial charge in [-0.25, -0.2) is 4.68 Å². The van der Waals surface area contributed by atoms with Crippen molar-refractivity contribution in [1.82, 2.24) is 9.78 Å². The lowest BCUT2D eigenvalue weighted by Gasteiger charge is -2.10. The first-order valence-electron chi connectivity index (χ1n) is 8.40. The molecular weight excluding hydrogens is 296 g/mol. The first-order valence-corrected chi connectivity index (χ1v) is 8.40. The van der Waals surface area contributed by atoms with E-state index < -0.39 is 0 Å². The summed E-state index contributed by atoms with van der Waals surface area (Å²) in [5.74, 6) is 0.718. The third-order valence-corrected chi connectivity index (χ3v) is 4.16. The SMILES string of the molecule is Cc1ccc(-c2nn(-c3ccc(C)cc3)c(CC(C)C)c2O)cc1. The van der Waals surface area contributed by atoms with E-state index in [1.54, 1.807) is 0 Å². The van der Waals surface area contributed by atoms with Gasteiger partial charge in [0.05, 0.1) is 11.4 Å². The molecule has 0 aliphatic rings. The maximum atomic E-state index is 10.8. The molecule has 0 saturated carbocycles. The highest BCUT2D eigenvalue weighted by molar-refractivity contribution is 5.68. The number of rotatable bonds is 4. The van der Waals surface area contributed by atoms with Crippen molar-refractivity contribution < 1.29 is 5.11 Å².